The Labute approximate surface area is 126 Å². The van der Waals surface area contributed by atoms with Crippen LogP contribution in [0.15, 0.2) is 33.6 Å². The lowest BCUT2D eigenvalue weighted by molar-refractivity contribution is 0.934. The predicted molar refractivity (Wildman–Crippen MR) is 84.3 cm³/mol. The molecule has 1 aromatic heterocycles. The fourth-order valence-corrected chi connectivity index (χ4v) is 3.04. The zero-order valence-electron chi connectivity index (χ0n) is 11.0. The lowest BCUT2D eigenvalue weighted by Crippen LogP contribution is -2.04. The highest BCUT2D eigenvalue weighted by molar-refractivity contribution is 9.10. The molecule has 19 heavy (non-hydrogen) atoms. The van der Waals surface area contributed by atoms with Crippen LogP contribution in [0.1, 0.15) is 24.0 Å². The zero-order valence-corrected chi connectivity index (χ0v) is 13.4. The van der Waals surface area contributed by atoms with Crippen LogP contribution >= 0.6 is 27.7 Å². The quantitative estimate of drug-likeness (QED) is 0.857. The van der Waals surface area contributed by atoms with Crippen LogP contribution in [-0.4, -0.2) is 9.97 Å². The summed E-state index contributed by atoms with van der Waals surface area (Å²) in [6, 6.07) is 8.41. The molecule has 100 valence electrons. The third kappa shape index (κ3) is 3.70. The van der Waals surface area contributed by atoms with Gasteiger partial charge in [-0.05, 0) is 41.4 Å². The molecule has 5 heteroatoms. The molecular formula is C14H16BrN3S. The first-order valence-corrected chi connectivity index (χ1v) is 7.88. The molecule has 0 unspecified atom stereocenters. The lowest BCUT2D eigenvalue weighted by atomic mass is 10.2. The minimum Gasteiger partial charge on any atom is -0.383 e. The summed E-state index contributed by atoms with van der Waals surface area (Å²) in [4.78, 5) is 10.1. The normalized spacial score (nSPS) is 10.7. The van der Waals surface area contributed by atoms with E-state index in [9.17, 15) is 0 Å². The van der Waals surface area contributed by atoms with Crippen LogP contribution in [0, 0.1) is 6.92 Å². The molecule has 0 aliphatic carbocycles. The molecule has 1 aromatic carbocycles. The van der Waals surface area contributed by atoms with Crippen molar-refractivity contribution in [2.24, 2.45) is 0 Å². The van der Waals surface area contributed by atoms with Crippen molar-refractivity contribution in [1.29, 1.82) is 0 Å². The second-order valence-corrected chi connectivity index (χ2v) is 6.09. The number of rotatable bonds is 4. The largest absolute Gasteiger partial charge is 0.383 e. The van der Waals surface area contributed by atoms with Crippen LogP contribution in [0.25, 0.3) is 0 Å². The highest BCUT2D eigenvalue weighted by Crippen LogP contribution is 2.25. The van der Waals surface area contributed by atoms with E-state index in [1.54, 1.807) is 11.8 Å². The monoisotopic (exact) mass is 337 g/mol. The molecule has 2 N–H and O–H groups in total. The molecule has 2 aromatic rings. The van der Waals surface area contributed by atoms with E-state index in [-0.39, 0.29) is 0 Å². The van der Waals surface area contributed by atoms with Gasteiger partial charge < -0.3 is 5.73 Å². The standard InChI is InChI=1S/C14H16BrN3S/c1-3-11-13(15)14(16)18-12(17-11)8-19-10-6-4-5-9(2)7-10/h4-7H,3,8H2,1-2H3,(H2,16,17,18). The van der Waals surface area contributed by atoms with Crippen molar-refractivity contribution in [1.82, 2.24) is 9.97 Å². The van der Waals surface area contributed by atoms with Gasteiger partial charge in [-0.2, -0.15) is 0 Å². The van der Waals surface area contributed by atoms with Gasteiger partial charge in [0.25, 0.3) is 0 Å². The molecule has 0 saturated heterocycles. The van der Waals surface area contributed by atoms with Gasteiger partial charge in [0.05, 0.1) is 15.9 Å². The minimum atomic E-state index is 0.520. The van der Waals surface area contributed by atoms with Gasteiger partial charge in [-0.3, -0.25) is 0 Å². The maximum absolute atomic E-state index is 5.88. The average molecular weight is 338 g/mol. The molecule has 0 radical (unpaired) electrons. The first kappa shape index (κ1) is 14.3. The van der Waals surface area contributed by atoms with E-state index in [1.165, 1.54) is 10.5 Å². The number of hydrogen-bond acceptors (Lipinski definition) is 4. The number of halogens is 1. The van der Waals surface area contributed by atoms with Gasteiger partial charge in [0.15, 0.2) is 0 Å². The Balaban J connectivity index is 2.13. The van der Waals surface area contributed by atoms with Gasteiger partial charge in [0.2, 0.25) is 0 Å². The molecule has 0 spiro atoms. The third-order valence-corrected chi connectivity index (χ3v) is 4.54. The summed E-state index contributed by atoms with van der Waals surface area (Å²) in [6.45, 7) is 4.15. The number of nitrogens with two attached hydrogens (primary N) is 1. The van der Waals surface area contributed by atoms with Crippen molar-refractivity contribution >= 4 is 33.5 Å². The van der Waals surface area contributed by atoms with Crippen molar-refractivity contribution in [2.45, 2.75) is 30.9 Å². The van der Waals surface area contributed by atoms with Gasteiger partial charge in [-0.15, -0.1) is 11.8 Å². The number of aromatic nitrogens is 2. The summed E-state index contributed by atoms with van der Waals surface area (Å²) in [5.41, 5.74) is 8.11. The number of anilines is 1. The van der Waals surface area contributed by atoms with Crippen LogP contribution in [0.5, 0.6) is 0 Å². The van der Waals surface area contributed by atoms with Gasteiger partial charge in [0.1, 0.15) is 11.6 Å². The summed E-state index contributed by atoms with van der Waals surface area (Å²) in [5, 5.41) is 0. The highest BCUT2D eigenvalue weighted by Gasteiger charge is 2.09. The number of benzene rings is 1. The van der Waals surface area contributed by atoms with Crippen molar-refractivity contribution in [2.75, 3.05) is 5.73 Å². The topological polar surface area (TPSA) is 51.8 Å². The van der Waals surface area contributed by atoms with E-state index in [1.807, 2.05) is 0 Å². The Morgan fingerprint density at radius 2 is 2.11 bits per heavy atom. The van der Waals surface area contributed by atoms with Crippen molar-refractivity contribution in [3.05, 3.63) is 45.8 Å². The summed E-state index contributed by atoms with van der Waals surface area (Å²) < 4.78 is 0.819. The van der Waals surface area contributed by atoms with E-state index in [0.29, 0.717) is 5.82 Å². The molecule has 0 aliphatic heterocycles. The molecule has 0 fully saturated rings. The Bertz CT molecular complexity index is 587. The van der Waals surface area contributed by atoms with Crippen molar-refractivity contribution < 1.29 is 0 Å². The van der Waals surface area contributed by atoms with Crippen LogP contribution in [0.2, 0.25) is 0 Å². The van der Waals surface area contributed by atoms with Crippen LogP contribution in [0.4, 0.5) is 5.82 Å². The van der Waals surface area contributed by atoms with Crippen molar-refractivity contribution in [3.8, 4) is 0 Å². The Hall–Kier alpha value is -1.07. The van der Waals surface area contributed by atoms with Gasteiger partial charge >= 0.3 is 0 Å². The highest BCUT2D eigenvalue weighted by atomic mass is 79.9. The summed E-state index contributed by atoms with van der Waals surface area (Å²) in [7, 11) is 0. The molecule has 0 saturated carbocycles. The molecule has 2 rings (SSSR count). The number of nitrogens with zero attached hydrogens (tertiary/aromatic N) is 2. The summed E-state index contributed by atoms with van der Waals surface area (Å²) >= 11 is 5.15. The third-order valence-electron chi connectivity index (χ3n) is 2.68. The second kappa shape index (κ2) is 6.39. The van der Waals surface area contributed by atoms with E-state index >= 15 is 0 Å². The number of nitrogen functional groups attached to an aromatic ring is 1. The predicted octanol–water partition coefficient (Wildman–Crippen LogP) is 3.98. The fourth-order valence-electron chi connectivity index (χ4n) is 1.72. The molecule has 0 bridgehead atoms. The van der Waals surface area contributed by atoms with E-state index in [2.05, 4.69) is 64.0 Å². The van der Waals surface area contributed by atoms with Crippen LogP contribution in [-0.2, 0) is 12.2 Å². The second-order valence-electron chi connectivity index (χ2n) is 4.24. The van der Waals surface area contributed by atoms with Crippen molar-refractivity contribution in [3.63, 3.8) is 0 Å². The minimum absolute atomic E-state index is 0.520. The Kier molecular flexibility index (Phi) is 4.82. The molecule has 0 aliphatic rings. The van der Waals surface area contributed by atoms with Gasteiger partial charge in [-0.25, -0.2) is 9.97 Å². The van der Waals surface area contributed by atoms with Gasteiger partial charge in [-0.1, -0.05) is 24.6 Å². The maximum Gasteiger partial charge on any atom is 0.141 e. The molecule has 0 amide bonds. The van der Waals surface area contributed by atoms with Gasteiger partial charge in [0, 0.05) is 4.90 Å². The zero-order chi connectivity index (χ0) is 13.8. The Morgan fingerprint density at radius 1 is 1.32 bits per heavy atom. The van der Waals surface area contributed by atoms with E-state index in [4.69, 9.17) is 5.73 Å². The van der Waals surface area contributed by atoms with Crippen LogP contribution < -0.4 is 5.73 Å². The fraction of sp³-hybridized carbons (Fsp3) is 0.286. The summed E-state index contributed by atoms with van der Waals surface area (Å²) in [6.07, 6.45) is 0.843. The average Bonchev–Trinajstić information content (AvgIpc) is 2.40. The number of aryl methyl sites for hydroxylation is 2. The van der Waals surface area contributed by atoms with Crippen LogP contribution in [0.3, 0.4) is 0 Å². The molecule has 0 atom stereocenters. The lowest BCUT2D eigenvalue weighted by Gasteiger charge is -2.07. The molecular weight excluding hydrogens is 322 g/mol. The number of hydrogen-bond donors (Lipinski definition) is 1. The maximum atomic E-state index is 5.88. The van der Waals surface area contributed by atoms with E-state index < -0.39 is 0 Å². The molecule has 1 heterocycles. The molecule has 3 nitrogen and oxygen atoms in total. The first-order chi connectivity index (χ1) is 9.10. The smallest absolute Gasteiger partial charge is 0.141 e. The van der Waals surface area contributed by atoms with E-state index in [0.717, 1.165) is 28.2 Å². The number of thioether (sulfide) groups is 1. The summed E-state index contributed by atoms with van der Waals surface area (Å²) in [5.74, 6) is 2.03. The SMILES string of the molecule is CCc1nc(CSc2cccc(C)c2)nc(N)c1Br. The first-order valence-electron chi connectivity index (χ1n) is 6.10. The Morgan fingerprint density at radius 3 is 2.79 bits per heavy atom.